The van der Waals surface area contributed by atoms with Crippen LogP contribution in [0.2, 0.25) is 5.02 Å². The fourth-order valence-corrected chi connectivity index (χ4v) is 2.75. The number of carbonyl (C=O) groups is 1. The first-order chi connectivity index (χ1) is 9.60. The summed E-state index contributed by atoms with van der Waals surface area (Å²) in [5.74, 6) is 0. The average molecular weight is 297 g/mol. The maximum atomic E-state index is 12.2. The third-order valence-corrected chi connectivity index (χ3v) is 4.64. The minimum atomic E-state index is -0.124. The van der Waals surface area contributed by atoms with Crippen molar-refractivity contribution in [3.63, 3.8) is 0 Å². The minimum absolute atomic E-state index is 0.0127. The topological polar surface area (TPSA) is 52.6 Å². The molecule has 1 fully saturated rings. The molecule has 1 aliphatic heterocycles. The molecule has 0 aliphatic carbocycles. The molecule has 2 rings (SSSR count). The summed E-state index contributed by atoms with van der Waals surface area (Å²) < 4.78 is 0. The van der Waals surface area contributed by atoms with Crippen molar-refractivity contribution in [2.45, 2.75) is 26.2 Å². The van der Waals surface area contributed by atoms with Gasteiger partial charge in [0.25, 0.3) is 0 Å². The number of anilines is 1. The summed E-state index contributed by atoms with van der Waals surface area (Å²) in [4.78, 5) is 14.0. The predicted octanol–water partition coefficient (Wildman–Crippen LogP) is 3.36. The van der Waals surface area contributed by atoms with Gasteiger partial charge in [0.2, 0.25) is 0 Å². The highest BCUT2D eigenvalue weighted by Crippen LogP contribution is 2.34. The second-order valence-corrected chi connectivity index (χ2v) is 5.82. The molecule has 1 aromatic rings. The van der Waals surface area contributed by atoms with E-state index in [1.807, 2.05) is 12.1 Å². The highest BCUT2D eigenvalue weighted by Gasteiger charge is 2.33. The van der Waals surface area contributed by atoms with Crippen LogP contribution in [-0.2, 0) is 0 Å². The Bertz CT molecular complexity index is 465. The van der Waals surface area contributed by atoms with Gasteiger partial charge >= 0.3 is 6.03 Å². The third-order valence-electron chi connectivity index (χ3n) is 4.31. The quantitative estimate of drug-likeness (QED) is 0.898. The van der Waals surface area contributed by atoms with Gasteiger partial charge in [0.1, 0.15) is 0 Å². The number of aliphatic hydroxyl groups is 1. The lowest BCUT2D eigenvalue weighted by molar-refractivity contribution is 0.0542. The SMILES string of the molecule is CCC1(CO)CCN(C(=O)Nc2ccccc2Cl)CC1. The van der Waals surface area contributed by atoms with Crippen molar-refractivity contribution < 1.29 is 9.90 Å². The van der Waals surface area contributed by atoms with Crippen molar-refractivity contribution in [3.05, 3.63) is 29.3 Å². The van der Waals surface area contributed by atoms with Gasteiger partial charge in [0.05, 0.1) is 10.7 Å². The Morgan fingerprint density at radius 1 is 1.40 bits per heavy atom. The molecule has 0 unspecified atom stereocenters. The summed E-state index contributed by atoms with van der Waals surface area (Å²) >= 11 is 6.03. The fraction of sp³-hybridized carbons (Fsp3) is 0.533. The highest BCUT2D eigenvalue weighted by atomic mass is 35.5. The summed E-state index contributed by atoms with van der Waals surface area (Å²) in [6.07, 6.45) is 2.63. The summed E-state index contributed by atoms with van der Waals surface area (Å²) in [5.41, 5.74) is 0.620. The van der Waals surface area contributed by atoms with Gasteiger partial charge in [-0.1, -0.05) is 30.7 Å². The first-order valence-electron chi connectivity index (χ1n) is 7.01. The number of aliphatic hydroxyl groups excluding tert-OH is 1. The van der Waals surface area contributed by atoms with E-state index < -0.39 is 0 Å². The van der Waals surface area contributed by atoms with E-state index in [2.05, 4.69) is 12.2 Å². The Morgan fingerprint density at radius 3 is 2.60 bits per heavy atom. The van der Waals surface area contributed by atoms with Crippen molar-refractivity contribution >= 4 is 23.3 Å². The van der Waals surface area contributed by atoms with Gasteiger partial charge in [-0.25, -0.2) is 4.79 Å². The number of hydrogen-bond acceptors (Lipinski definition) is 2. The molecular weight excluding hydrogens is 276 g/mol. The Morgan fingerprint density at radius 2 is 2.05 bits per heavy atom. The smallest absolute Gasteiger partial charge is 0.321 e. The lowest BCUT2D eigenvalue weighted by Crippen LogP contribution is -2.46. The molecule has 1 heterocycles. The molecule has 2 amide bonds. The predicted molar refractivity (Wildman–Crippen MR) is 81.1 cm³/mol. The van der Waals surface area contributed by atoms with Crippen LogP contribution in [0.4, 0.5) is 10.5 Å². The van der Waals surface area contributed by atoms with Crippen molar-refractivity contribution in [1.82, 2.24) is 4.90 Å². The largest absolute Gasteiger partial charge is 0.396 e. The number of rotatable bonds is 3. The molecule has 1 aromatic carbocycles. The number of para-hydroxylation sites is 1. The number of amides is 2. The molecule has 0 saturated carbocycles. The molecule has 4 nitrogen and oxygen atoms in total. The molecule has 0 atom stereocenters. The molecule has 2 N–H and O–H groups in total. The van der Waals surface area contributed by atoms with Crippen molar-refractivity contribution in [2.75, 3.05) is 25.0 Å². The van der Waals surface area contributed by atoms with Crippen LogP contribution in [0.3, 0.4) is 0 Å². The van der Waals surface area contributed by atoms with E-state index in [4.69, 9.17) is 11.6 Å². The van der Waals surface area contributed by atoms with Crippen LogP contribution in [0.1, 0.15) is 26.2 Å². The number of likely N-dealkylation sites (tertiary alicyclic amines) is 1. The first kappa shape index (κ1) is 15.1. The Hall–Kier alpha value is -1.26. The van der Waals surface area contributed by atoms with Crippen molar-refractivity contribution in [2.24, 2.45) is 5.41 Å². The average Bonchev–Trinajstić information content (AvgIpc) is 2.49. The molecule has 0 bridgehead atoms. The first-order valence-corrected chi connectivity index (χ1v) is 7.39. The number of nitrogens with zero attached hydrogens (tertiary/aromatic N) is 1. The van der Waals surface area contributed by atoms with E-state index in [1.165, 1.54) is 0 Å². The normalized spacial score (nSPS) is 17.9. The van der Waals surface area contributed by atoms with E-state index in [9.17, 15) is 9.90 Å². The lowest BCUT2D eigenvalue weighted by atomic mass is 9.77. The zero-order valence-electron chi connectivity index (χ0n) is 11.7. The van der Waals surface area contributed by atoms with Gasteiger partial charge in [-0.2, -0.15) is 0 Å². The van der Waals surface area contributed by atoms with Gasteiger partial charge in [-0.3, -0.25) is 0 Å². The number of benzene rings is 1. The van der Waals surface area contributed by atoms with Gasteiger partial charge in [0, 0.05) is 19.7 Å². The Labute approximate surface area is 124 Å². The lowest BCUT2D eigenvalue weighted by Gasteiger charge is -2.40. The van der Waals surface area contributed by atoms with Crippen LogP contribution < -0.4 is 5.32 Å². The summed E-state index contributed by atoms with van der Waals surface area (Å²) in [6.45, 7) is 3.63. The number of carbonyl (C=O) groups excluding carboxylic acids is 1. The number of halogens is 1. The van der Waals surface area contributed by atoms with E-state index >= 15 is 0 Å². The summed E-state index contributed by atoms with van der Waals surface area (Å²) in [7, 11) is 0. The highest BCUT2D eigenvalue weighted by molar-refractivity contribution is 6.33. The van der Waals surface area contributed by atoms with E-state index in [0.717, 1.165) is 19.3 Å². The minimum Gasteiger partial charge on any atom is -0.396 e. The van der Waals surface area contributed by atoms with E-state index in [0.29, 0.717) is 23.8 Å². The Balaban J connectivity index is 1.94. The van der Waals surface area contributed by atoms with Gasteiger partial charge < -0.3 is 15.3 Å². The van der Waals surface area contributed by atoms with Gasteiger partial charge in [-0.05, 0) is 36.8 Å². The second kappa shape index (κ2) is 6.46. The fourth-order valence-electron chi connectivity index (χ4n) is 2.56. The molecule has 0 spiro atoms. The number of piperidine rings is 1. The molecule has 5 heteroatoms. The summed E-state index contributed by atoms with van der Waals surface area (Å²) in [5, 5.41) is 12.9. The third kappa shape index (κ3) is 3.25. The molecule has 1 saturated heterocycles. The van der Waals surface area contributed by atoms with Crippen LogP contribution >= 0.6 is 11.6 Å². The molecule has 0 radical (unpaired) electrons. The van der Waals surface area contributed by atoms with Crippen LogP contribution in [0, 0.1) is 5.41 Å². The van der Waals surface area contributed by atoms with Crippen molar-refractivity contribution in [3.8, 4) is 0 Å². The van der Waals surface area contributed by atoms with Crippen LogP contribution in [0.15, 0.2) is 24.3 Å². The van der Waals surface area contributed by atoms with Crippen LogP contribution in [-0.4, -0.2) is 35.7 Å². The van der Waals surface area contributed by atoms with Gasteiger partial charge in [0.15, 0.2) is 0 Å². The number of urea groups is 1. The van der Waals surface area contributed by atoms with E-state index in [-0.39, 0.29) is 18.1 Å². The van der Waals surface area contributed by atoms with Gasteiger partial charge in [-0.15, -0.1) is 0 Å². The van der Waals surface area contributed by atoms with Crippen molar-refractivity contribution in [1.29, 1.82) is 0 Å². The summed E-state index contributed by atoms with van der Waals surface area (Å²) in [6, 6.07) is 7.08. The molecule has 110 valence electrons. The molecule has 1 aliphatic rings. The zero-order valence-corrected chi connectivity index (χ0v) is 12.5. The standard InChI is InChI=1S/C15H21ClN2O2/c1-2-15(11-19)7-9-18(10-8-15)14(20)17-13-6-4-3-5-12(13)16/h3-6,19H,2,7-11H2,1H3,(H,17,20). The van der Waals surface area contributed by atoms with E-state index in [1.54, 1.807) is 17.0 Å². The maximum Gasteiger partial charge on any atom is 0.321 e. The number of nitrogens with one attached hydrogen (secondary N) is 1. The molecule has 20 heavy (non-hydrogen) atoms. The maximum absolute atomic E-state index is 12.2. The second-order valence-electron chi connectivity index (χ2n) is 5.41. The van der Waals surface area contributed by atoms with Crippen LogP contribution in [0.5, 0.6) is 0 Å². The Kier molecular flexibility index (Phi) is 4.89. The number of hydrogen-bond donors (Lipinski definition) is 2. The molecule has 0 aromatic heterocycles. The zero-order chi connectivity index (χ0) is 14.6. The van der Waals surface area contributed by atoms with Crippen LogP contribution in [0.25, 0.3) is 0 Å². The monoisotopic (exact) mass is 296 g/mol. The molecular formula is C15H21ClN2O2.